The van der Waals surface area contributed by atoms with Crippen LogP contribution in [0.2, 0.25) is 0 Å². The highest BCUT2D eigenvalue weighted by molar-refractivity contribution is 7.22. The van der Waals surface area contributed by atoms with Gasteiger partial charge in [-0.25, -0.2) is 4.98 Å². The number of aryl methyl sites for hydroxylation is 1. The SMILES string of the molecule is CNC(=O)C1CCN(c2nc3ccc(C)cc3s2)C1. The molecule has 1 N–H and O–H groups in total. The van der Waals surface area contributed by atoms with Crippen LogP contribution in [0.1, 0.15) is 12.0 Å². The number of benzene rings is 1. The Hall–Kier alpha value is -1.62. The Morgan fingerprint density at radius 1 is 1.53 bits per heavy atom. The van der Waals surface area contributed by atoms with Gasteiger partial charge < -0.3 is 10.2 Å². The highest BCUT2D eigenvalue weighted by Gasteiger charge is 2.29. The fraction of sp³-hybridized carbons (Fsp3) is 0.429. The fourth-order valence-electron chi connectivity index (χ4n) is 2.51. The van der Waals surface area contributed by atoms with Crippen LogP contribution in [-0.4, -0.2) is 31.0 Å². The van der Waals surface area contributed by atoms with Crippen LogP contribution in [0.4, 0.5) is 5.13 Å². The predicted molar refractivity (Wildman–Crippen MR) is 78.7 cm³/mol. The van der Waals surface area contributed by atoms with E-state index in [0.29, 0.717) is 0 Å². The summed E-state index contributed by atoms with van der Waals surface area (Å²) in [6.07, 6.45) is 0.911. The molecule has 100 valence electrons. The largest absolute Gasteiger partial charge is 0.359 e. The van der Waals surface area contributed by atoms with E-state index in [-0.39, 0.29) is 11.8 Å². The number of nitrogens with one attached hydrogen (secondary N) is 1. The molecule has 1 aromatic heterocycles. The molecule has 0 bridgehead atoms. The van der Waals surface area contributed by atoms with Crippen LogP contribution in [0, 0.1) is 12.8 Å². The van der Waals surface area contributed by atoms with E-state index in [2.05, 4.69) is 40.3 Å². The quantitative estimate of drug-likeness (QED) is 0.913. The topological polar surface area (TPSA) is 45.2 Å². The minimum atomic E-state index is 0.0961. The van der Waals surface area contributed by atoms with E-state index in [1.54, 1.807) is 18.4 Å². The highest BCUT2D eigenvalue weighted by Crippen LogP contribution is 2.32. The molecule has 4 nitrogen and oxygen atoms in total. The van der Waals surface area contributed by atoms with Crippen LogP contribution >= 0.6 is 11.3 Å². The molecule has 2 aromatic rings. The summed E-state index contributed by atoms with van der Waals surface area (Å²) in [7, 11) is 1.70. The van der Waals surface area contributed by atoms with Crippen molar-refractivity contribution in [3.8, 4) is 0 Å². The van der Waals surface area contributed by atoms with Crippen molar-refractivity contribution < 1.29 is 4.79 Å². The smallest absolute Gasteiger partial charge is 0.224 e. The Morgan fingerprint density at radius 2 is 2.37 bits per heavy atom. The molecular formula is C14H17N3OS. The van der Waals surface area contributed by atoms with Crippen molar-refractivity contribution in [3.63, 3.8) is 0 Å². The second kappa shape index (κ2) is 4.81. The first-order chi connectivity index (χ1) is 9.17. The highest BCUT2D eigenvalue weighted by atomic mass is 32.1. The summed E-state index contributed by atoms with van der Waals surface area (Å²) in [4.78, 5) is 18.5. The lowest BCUT2D eigenvalue weighted by Crippen LogP contribution is -2.30. The molecule has 0 spiro atoms. The summed E-state index contributed by atoms with van der Waals surface area (Å²) in [5.41, 5.74) is 2.31. The Balaban J connectivity index is 1.83. The second-order valence-electron chi connectivity index (χ2n) is 5.01. The maximum atomic E-state index is 11.7. The van der Waals surface area contributed by atoms with E-state index in [9.17, 15) is 4.79 Å². The van der Waals surface area contributed by atoms with Gasteiger partial charge in [-0.3, -0.25) is 4.79 Å². The van der Waals surface area contributed by atoms with E-state index >= 15 is 0 Å². The van der Waals surface area contributed by atoms with Crippen molar-refractivity contribution in [1.29, 1.82) is 0 Å². The van der Waals surface area contributed by atoms with Crippen LogP contribution in [0.15, 0.2) is 18.2 Å². The monoisotopic (exact) mass is 275 g/mol. The molecule has 0 aliphatic carbocycles. The third-order valence-corrected chi connectivity index (χ3v) is 4.69. The maximum Gasteiger partial charge on any atom is 0.224 e. The zero-order chi connectivity index (χ0) is 13.4. The molecule has 0 radical (unpaired) electrons. The predicted octanol–water partition coefficient (Wildman–Crippen LogP) is 2.18. The first kappa shape index (κ1) is 12.4. The molecule has 1 atom stereocenters. The molecule has 1 unspecified atom stereocenters. The first-order valence-electron chi connectivity index (χ1n) is 6.51. The Kier molecular flexibility index (Phi) is 3.14. The van der Waals surface area contributed by atoms with Crippen LogP contribution in [0.3, 0.4) is 0 Å². The molecule has 2 heterocycles. The van der Waals surface area contributed by atoms with Crippen LogP contribution in [-0.2, 0) is 4.79 Å². The number of anilines is 1. The van der Waals surface area contributed by atoms with E-state index in [0.717, 1.165) is 30.2 Å². The van der Waals surface area contributed by atoms with Crippen molar-refractivity contribution in [2.45, 2.75) is 13.3 Å². The van der Waals surface area contributed by atoms with Crippen LogP contribution in [0.5, 0.6) is 0 Å². The van der Waals surface area contributed by atoms with Crippen molar-refractivity contribution >= 4 is 32.6 Å². The van der Waals surface area contributed by atoms with E-state index in [4.69, 9.17) is 0 Å². The van der Waals surface area contributed by atoms with Crippen molar-refractivity contribution in [3.05, 3.63) is 23.8 Å². The van der Waals surface area contributed by atoms with Gasteiger partial charge in [-0.2, -0.15) is 0 Å². The number of fused-ring (bicyclic) bond motifs is 1. The molecule has 1 fully saturated rings. The van der Waals surface area contributed by atoms with Crippen molar-refractivity contribution in [2.24, 2.45) is 5.92 Å². The van der Waals surface area contributed by atoms with Crippen LogP contribution in [0.25, 0.3) is 10.2 Å². The van der Waals surface area contributed by atoms with Gasteiger partial charge in [-0.05, 0) is 31.0 Å². The van der Waals surface area contributed by atoms with Gasteiger partial charge in [0.2, 0.25) is 5.91 Å². The molecule has 5 heteroatoms. The average Bonchev–Trinajstić information content (AvgIpc) is 3.03. The number of aromatic nitrogens is 1. The van der Waals surface area contributed by atoms with Crippen molar-refractivity contribution in [1.82, 2.24) is 10.3 Å². The van der Waals surface area contributed by atoms with Gasteiger partial charge in [0.15, 0.2) is 5.13 Å². The number of hydrogen-bond acceptors (Lipinski definition) is 4. The molecule has 1 amide bonds. The van der Waals surface area contributed by atoms with Crippen molar-refractivity contribution in [2.75, 3.05) is 25.0 Å². The van der Waals surface area contributed by atoms with Gasteiger partial charge >= 0.3 is 0 Å². The third kappa shape index (κ3) is 2.30. The first-order valence-corrected chi connectivity index (χ1v) is 7.33. The van der Waals surface area contributed by atoms with Gasteiger partial charge in [0, 0.05) is 20.1 Å². The Bertz CT molecular complexity index is 622. The molecule has 3 rings (SSSR count). The number of thiazole rings is 1. The number of hydrogen-bond donors (Lipinski definition) is 1. The Morgan fingerprint density at radius 3 is 3.16 bits per heavy atom. The standard InChI is InChI=1S/C14H17N3OS/c1-9-3-4-11-12(7-9)19-14(16-11)17-6-5-10(8-17)13(18)15-2/h3-4,7,10H,5-6,8H2,1-2H3,(H,15,18). The normalized spacial score (nSPS) is 19.1. The zero-order valence-electron chi connectivity index (χ0n) is 11.1. The number of carbonyl (C=O) groups excluding carboxylic acids is 1. The van der Waals surface area contributed by atoms with Gasteiger partial charge in [0.1, 0.15) is 0 Å². The van der Waals surface area contributed by atoms with Gasteiger partial charge in [-0.1, -0.05) is 17.4 Å². The molecule has 0 saturated carbocycles. The Labute approximate surface area is 116 Å². The minimum Gasteiger partial charge on any atom is -0.359 e. The second-order valence-corrected chi connectivity index (χ2v) is 6.02. The summed E-state index contributed by atoms with van der Waals surface area (Å²) in [6, 6.07) is 6.32. The van der Waals surface area contributed by atoms with Gasteiger partial charge in [-0.15, -0.1) is 0 Å². The molecular weight excluding hydrogens is 258 g/mol. The summed E-state index contributed by atoms with van der Waals surface area (Å²) in [6.45, 7) is 3.78. The molecule has 1 saturated heterocycles. The minimum absolute atomic E-state index is 0.0961. The lowest BCUT2D eigenvalue weighted by molar-refractivity contribution is -0.123. The van der Waals surface area contributed by atoms with E-state index < -0.39 is 0 Å². The molecule has 19 heavy (non-hydrogen) atoms. The molecule has 1 aliphatic rings. The summed E-state index contributed by atoms with van der Waals surface area (Å²) in [5.74, 6) is 0.234. The average molecular weight is 275 g/mol. The zero-order valence-corrected chi connectivity index (χ0v) is 12.0. The van der Waals surface area contributed by atoms with Gasteiger partial charge in [0.05, 0.1) is 16.1 Å². The number of rotatable bonds is 2. The lowest BCUT2D eigenvalue weighted by atomic mass is 10.1. The maximum absolute atomic E-state index is 11.7. The summed E-state index contributed by atoms with van der Waals surface area (Å²) in [5, 5.41) is 3.76. The van der Waals surface area contributed by atoms with Gasteiger partial charge in [0.25, 0.3) is 0 Å². The fourth-order valence-corrected chi connectivity index (χ4v) is 3.61. The van der Waals surface area contributed by atoms with E-state index in [1.165, 1.54) is 10.3 Å². The van der Waals surface area contributed by atoms with Crippen LogP contribution < -0.4 is 10.2 Å². The third-order valence-electron chi connectivity index (χ3n) is 3.61. The summed E-state index contributed by atoms with van der Waals surface area (Å²) < 4.78 is 1.22. The number of carbonyl (C=O) groups is 1. The summed E-state index contributed by atoms with van der Waals surface area (Å²) >= 11 is 1.71. The van der Waals surface area contributed by atoms with E-state index in [1.807, 2.05) is 0 Å². The number of nitrogens with zero attached hydrogens (tertiary/aromatic N) is 2. The lowest BCUT2D eigenvalue weighted by Gasteiger charge is -2.13. The molecule has 1 aromatic carbocycles. The molecule has 1 aliphatic heterocycles. The number of amides is 1.